The van der Waals surface area contributed by atoms with Crippen molar-refractivity contribution in [2.75, 3.05) is 6.61 Å². The SMILES string of the molecule is CC(CO)SC(C)CCC(=O)O. The molecule has 0 radical (unpaired) electrons. The molecule has 3 nitrogen and oxygen atoms in total. The molecule has 0 heterocycles. The highest BCUT2D eigenvalue weighted by Crippen LogP contribution is 2.20. The van der Waals surface area contributed by atoms with E-state index in [4.69, 9.17) is 10.2 Å². The van der Waals surface area contributed by atoms with Gasteiger partial charge in [-0.25, -0.2) is 0 Å². The number of hydrogen-bond acceptors (Lipinski definition) is 3. The Labute approximate surface area is 77.2 Å². The van der Waals surface area contributed by atoms with Crippen LogP contribution in [0.5, 0.6) is 0 Å². The molecule has 0 amide bonds. The van der Waals surface area contributed by atoms with Gasteiger partial charge in [0.05, 0.1) is 6.61 Å². The number of carboxylic acids is 1. The van der Waals surface area contributed by atoms with E-state index in [9.17, 15) is 4.79 Å². The normalized spacial score (nSPS) is 15.6. The molecule has 0 aromatic carbocycles. The first-order chi connectivity index (χ1) is 5.56. The summed E-state index contributed by atoms with van der Waals surface area (Å²) in [5, 5.41) is 17.6. The first kappa shape index (κ1) is 11.8. The summed E-state index contributed by atoms with van der Waals surface area (Å²) in [6, 6.07) is 0. The molecule has 2 atom stereocenters. The van der Waals surface area contributed by atoms with E-state index in [2.05, 4.69) is 0 Å². The molecule has 72 valence electrons. The Bertz CT molecular complexity index is 138. The maximum Gasteiger partial charge on any atom is 0.303 e. The van der Waals surface area contributed by atoms with Crippen LogP contribution in [0.4, 0.5) is 0 Å². The fourth-order valence-electron chi connectivity index (χ4n) is 0.834. The maximum atomic E-state index is 10.2. The lowest BCUT2D eigenvalue weighted by atomic mass is 10.2. The Morgan fingerprint density at radius 2 is 2.00 bits per heavy atom. The summed E-state index contributed by atoms with van der Waals surface area (Å²) in [7, 11) is 0. The summed E-state index contributed by atoms with van der Waals surface area (Å²) >= 11 is 1.63. The predicted molar refractivity (Wildman–Crippen MR) is 50.5 cm³/mol. The molecule has 0 aliphatic carbocycles. The first-order valence-electron chi connectivity index (χ1n) is 4.04. The third-order valence-electron chi connectivity index (χ3n) is 1.49. The molecule has 0 aromatic rings. The minimum Gasteiger partial charge on any atom is -0.481 e. The number of aliphatic carboxylic acids is 1. The average molecular weight is 192 g/mol. The Morgan fingerprint density at radius 1 is 1.42 bits per heavy atom. The van der Waals surface area contributed by atoms with Crippen molar-refractivity contribution in [2.24, 2.45) is 0 Å². The van der Waals surface area contributed by atoms with Gasteiger partial charge in [-0.15, -0.1) is 0 Å². The summed E-state index contributed by atoms with van der Waals surface area (Å²) < 4.78 is 0. The lowest BCUT2D eigenvalue weighted by Crippen LogP contribution is -2.10. The zero-order chi connectivity index (χ0) is 9.56. The summed E-state index contributed by atoms with van der Waals surface area (Å²) in [4.78, 5) is 10.2. The third-order valence-corrected chi connectivity index (χ3v) is 2.80. The van der Waals surface area contributed by atoms with Crippen molar-refractivity contribution in [3.63, 3.8) is 0 Å². The molecule has 4 heteroatoms. The average Bonchev–Trinajstić information content (AvgIpc) is 2.00. The molecule has 2 unspecified atom stereocenters. The minimum absolute atomic E-state index is 0.155. The molecule has 0 aliphatic heterocycles. The highest BCUT2D eigenvalue weighted by atomic mass is 32.2. The number of hydrogen-bond donors (Lipinski definition) is 2. The van der Waals surface area contributed by atoms with Crippen molar-refractivity contribution >= 4 is 17.7 Å². The van der Waals surface area contributed by atoms with Gasteiger partial charge in [0.25, 0.3) is 0 Å². The molecule has 12 heavy (non-hydrogen) atoms. The fraction of sp³-hybridized carbons (Fsp3) is 0.875. The largest absolute Gasteiger partial charge is 0.481 e. The van der Waals surface area contributed by atoms with Gasteiger partial charge in [-0.3, -0.25) is 4.79 Å². The van der Waals surface area contributed by atoms with E-state index < -0.39 is 5.97 Å². The van der Waals surface area contributed by atoms with Gasteiger partial charge in [0.15, 0.2) is 0 Å². The molecule has 2 N–H and O–H groups in total. The van der Waals surface area contributed by atoms with Crippen LogP contribution in [-0.2, 0) is 4.79 Å². The van der Waals surface area contributed by atoms with Crippen LogP contribution in [0.2, 0.25) is 0 Å². The van der Waals surface area contributed by atoms with Gasteiger partial charge in [0, 0.05) is 16.9 Å². The first-order valence-corrected chi connectivity index (χ1v) is 4.98. The molecular weight excluding hydrogens is 176 g/mol. The summed E-state index contributed by atoms with van der Waals surface area (Å²) in [5.41, 5.74) is 0. The molecule has 0 rings (SSSR count). The van der Waals surface area contributed by atoms with E-state index >= 15 is 0 Å². The van der Waals surface area contributed by atoms with Crippen molar-refractivity contribution in [1.29, 1.82) is 0 Å². The van der Waals surface area contributed by atoms with E-state index in [1.54, 1.807) is 11.8 Å². The molecule has 0 fully saturated rings. The smallest absolute Gasteiger partial charge is 0.303 e. The Hall–Kier alpha value is -0.220. The Kier molecular flexibility index (Phi) is 6.20. The molecular formula is C8H16O3S. The summed E-state index contributed by atoms with van der Waals surface area (Å²) in [6.45, 7) is 4.07. The molecule has 0 saturated heterocycles. The molecule has 0 spiro atoms. The highest BCUT2D eigenvalue weighted by Gasteiger charge is 2.09. The second kappa shape index (κ2) is 6.31. The lowest BCUT2D eigenvalue weighted by molar-refractivity contribution is -0.137. The second-order valence-corrected chi connectivity index (χ2v) is 4.75. The van der Waals surface area contributed by atoms with Gasteiger partial charge < -0.3 is 10.2 Å². The monoisotopic (exact) mass is 192 g/mol. The topological polar surface area (TPSA) is 57.5 Å². The molecule has 0 aromatic heterocycles. The number of aliphatic hydroxyl groups excluding tert-OH is 1. The summed E-state index contributed by atoms with van der Waals surface area (Å²) in [5.74, 6) is -0.751. The number of aliphatic hydroxyl groups is 1. The number of carbonyl (C=O) groups is 1. The summed E-state index contributed by atoms with van der Waals surface area (Å²) in [6.07, 6.45) is 0.886. The number of thioether (sulfide) groups is 1. The van der Waals surface area contributed by atoms with Crippen LogP contribution >= 0.6 is 11.8 Å². The quantitative estimate of drug-likeness (QED) is 0.667. The van der Waals surface area contributed by atoms with Gasteiger partial charge in [0.1, 0.15) is 0 Å². The van der Waals surface area contributed by atoms with E-state index in [1.165, 1.54) is 0 Å². The van der Waals surface area contributed by atoms with Crippen molar-refractivity contribution in [2.45, 2.75) is 37.2 Å². The molecule has 0 aliphatic rings. The second-order valence-electron chi connectivity index (χ2n) is 2.87. The minimum atomic E-state index is -0.751. The zero-order valence-electron chi connectivity index (χ0n) is 7.49. The van der Waals surface area contributed by atoms with Gasteiger partial charge in [-0.2, -0.15) is 11.8 Å². The van der Waals surface area contributed by atoms with Crippen molar-refractivity contribution < 1.29 is 15.0 Å². The number of carboxylic acid groups (broad SMARTS) is 1. The molecule has 0 saturated carbocycles. The fourth-order valence-corrected chi connectivity index (χ4v) is 1.97. The van der Waals surface area contributed by atoms with E-state index in [0.29, 0.717) is 11.7 Å². The van der Waals surface area contributed by atoms with E-state index in [-0.39, 0.29) is 18.3 Å². The number of rotatable bonds is 6. The lowest BCUT2D eigenvalue weighted by Gasteiger charge is -2.13. The van der Waals surface area contributed by atoms with Gasteiger partial charge in [0.2, 0.25) is 0 Å². The van der Waals surface area contributed by atoms with Gasteiger partial charge in [-0.05, 0) is 6.42 Å². The van der Waals surface area contributed by atoms with Crippen LogP contribution in [0, 0.1) is 0 Å². The van der Waals surface area contributed by atoms with Crippen LogP contribution in [0.3, 0.4) is 0 Å². The van der Waals surface area contributed by atoms with E-state index in [1.807, 2.05) is 13.8 Å². The van der Waals surface area contributed by atoms with Gasteiger partial charge >= 0.3 is 5.97 Å². The highest BCUT2D eigenvalue weighted by molar-refractivity contribution is 8.00. The van der Waals surface area contributed by atoms with Gasteiger partial charge in [-0.1, -0.05) is 13.8 Å². The van der Waals surface area contributed by atoms with Crippen LogP contribution in [0.15, 0.2) is 0 Å². The zero-order valence-corrected chi connectivity index (χ0v) is 8.30. The standard InChI is InChI=1S/C8H16O3S/c1-6(3-4-8(10)11)12-7(2)5-9/h6-7,9H,3-5H2,1-2H3,(H,10,11). The van der Waals surface area contributed by atoms with Crippen LogP contribution < -0.4 is 0 Å². The van der Waals surface area contributed by atoms with Crippen LogP contribution in [0.1, 0.15) is 26.7 Å². The Balaban J connectivity index is 3.45. The van der Waals surface area contributed by atoms with Crippen LogP contribution in [-0.4, -0.2) is 33.3 Å². The maximum absolute atomic E-state index is 10.2. The van der Waals surface area contributed by atoms with E-state index in [0.717, 1.165) is 0 Å². The van der Waals surface area contributed by atoms with Crippen molar-refractivity contribution in [3.05, 3.63) is 0 Å². The predicted octanol–water partition coefficient (Wildman–Crippen LogP) is 1.35. The Morgan fingerprint density at radius 3 is 2.42 bits per heavy atom. The van der Waals surface area contributed by atoms with Crippen molar-refractivity contribution in [3.8, 4) is 0 Å². The third kappa shape index (κ3) is 6.49. The molecule has 0 bridgehead atoms. The van der Waals surface area contributed by atoms with Crippen molar-refractivity contribution in [1.82, 2.24) is 0 Å². The van der Waals surface area contributed by atoms with Crippen LogP contribution in [0.25, 0.3) is 0 Å².